The van der Waals surface area contributed by atoms with Gasteiger partial charge in [0.25, 0.3) is 0 Å². The van der Waals surface area contributed by atoms with Gasteiger partial charge in [-0.1, -0.05) is 0 Å². The fourth-order valence-electron chi connectivity index (χ4n) is 1.93. The minimum Gasteiger partial charge on any atom is -0.399 e. The number of nitrogen functional groups attached to an aromatic ring is 1. The first kappa shape index (κ1) is 10.6. The van der Waals surface area contributed by atoms with Crippen molar-refractivity contribution in [1.82, 2.24) is 0 Å². The Morgan fingerprint density at radius 2 is 1.94 bits per heavy atom. The van der Waals surface area contributed by atoms with Gasteiger partial charge in [0.2, 0.25) is 0 Å². The zero-order chi connectivity index (χ0) is 12.9. The lowest BCUT2D eigenvalue weighted by molar-refractivity contribution is -0.286. The van der Waals surface area contributed by atoms with E-state index >= 15 is 0 Å². The maximum absolute atomic E-state index is 13.0. The van der Waals surface area contributed by atoms with Crippen molar-refractivity contribution in [3.8, 4) is 17.6 Å². The molecule has 0 spiro atoms. The van der Waals surface area contributed by atoms with Gasteiger partial charge in [-0.15, -0.1) is 8.78 Å². The van der Waals surface area contributed by atoms with E-state index in [0.29, 0.717) is 16.5 Å². The predicted molar refractivity (Wildman–Crippen MR) is 59.3 cm³/mol. The van der Waals surface area contributed by atoms with Gasteiger partial charge >= 0.3 is 6.29 Å². The summed E-state index contributed by atoms with van der Waals surface area (Å²) in [4.78, 5) is 0. The van der Waals surface area contributed by atoms with Gasteiger partial charge in [0.05, 0.1) is 11.6 Å². The highest BCUT2D eigenvalue weighted by atomic mass is 19.3. The Morgan fingerprint density at radius 1 is 1.17 bits per heavy atom. The van der Waals surface area contributed by atoms with E-state index in [1.54, 1.807) is 6.07 Å². The second kappa shape index (κ2) is 3.23. The molecule has 0 aliphatic carbocycles. The maximum Gasteiger partial charge on any atom is 0.586 e. The van der Waals surface area contributed by atoms with Gasteiger partial charge < -0.3 is 15.2 Å². The number of halogens is 2. The molecule has 0 aromatic heterocycles. The van der Waals surface area contributed by atoms with Crippen molar-refractivity contribution in [2.75, 3.05) is 5.73 Å². The van der Waals surface area contributed by atoms with Gasteiger partial charge in [0, 0.05) is 22.5 Å². The van der Waals surface area contributed by atoms with E-state index in [-0.39, 0.29) is 17.1 Å². The molecule has 1 heterocycles. The van der Waals surface area contributed by atoms with E-state index in [2.05, 4.69) is 9.47 Å². The van der Waals surface area contributed by atoms with Crippen molar-refractivity contribution >= 4 is 16.5 Å². The van der Waals surface area contributed by atoms with Crippen molar-refractivity contribution in [3.63, 3.8) is 0 Å². The number of alkyl halides is 2. The predicted octanol–water partition coefficient (Wildman–Crippen LogP) is 2.62. The Labute approximate surface area is 100 Å². The molecule has 0 fully saturated rings. The van der Waals surface area contributed by atoms with Crippen LogP contribution in [0.2, 0.25) is 0 Å². The van der Waals surface area contributed by atoms with Crippen LogP contribution in [0, 0.1) is 11.3 Å². The molecule has 18 heavy (non-hydrogen) atoms. The fourth-order valence-corrected chi connectivity index (χ4v) is 1.93. The standard InChI is InChI=1S/C12H6F2N2O2/c13-12(14)17-10-3-6(5-15)9-4-7(16)1-2-8(9)11(10)18-12/h1-4H,16H2. The second-order valence-electron chi connectivity index (χ2n) is 3.84. The highest BCUT2D eigenvalue weighted by molar-refractivity contribution is 5.97. The highest BCUT2D eigenvalue weighted by Gasteiger charge is 2.44. The van der Waals surface area contributed by atoms with Crippen LogP contribution in [0.1, 0.15) is 5.56 Å². The second-order valence-corrected chi connectivity index (χ2v) is 3.84. The molecule has 1 aliphatic rings. The van der Waals surface area contributed by atoms with E-state index < -0.39 is 6.29 Å². The number of nitrogens with two attached hydrogens (primary N) is 1. The molecule has 90 valence electrons. The highest BCUT2D eigenvalue weighted by Crippen LogP contribution is 2.47. The minimum absolute atomic E-state index is 0.0750. The van der Waals surface area contributed by atoms with E-state index in [0.717, 1.165) is 0 Å². The number of ether oxygens (including phenoxy) is 2. The summed E-state index contributed by atoms with van der Waals surface area (Å²) in [6.45, 7) is 0. The third-order valence-corrected chi connectivity index (χ3v) is 2.65. The smallest absolute Gasteiger partial charge is 0.399 e. The molecule has 0 saturated heterocycles. The van der Waals surface area contributed by atoms with Crippen molar-refractivity contribution < 1.29 is 18.3 Å². The topological polar surface area (TPSA) is 68.3 Å². The molecular formula is C12H6F2N2O2. The molecule has 0 atom stereocenters. The lowest BCUT2D eigenvalue weighted by atomic mass is 10.0. The van der Waals surface area contributed by atoms with Crippen LogP contribution in [0.4, 0.5) is 14.5 Å². The summed E-state index contributed by atoms with van der Waals surface area (Å²) in [5.41, 5.74) is 6.26. The molecule has 0 bridgehead atoms. The molecule has 2 aromatic carbocycles. The summed E-state index contributed by atoms with van der Waals surface area (Å²) < 4.78 is 34.8. The quantitative estimate of drug-likeness (QED) is 0.727. The first-order valence-electron chi connectivity index (χ1n) is 5.02. The van der Waals surface area contributed by atoms with Gasteiger partial charge in [0.15, 0.2) is 11.5 Å². The Balaban J connectivity index is 2.38. The SMILES string of the molecule is N#Cc1cc2c(c3ccc(N)cc13)OC(F)(F)O2. The van der Waals surface area contributed by atoms with Crippen LogP contribution in [-0.2, 0) is 0 Å². The molecular weight excluding hydrogens is 242 g/mol. The van der Waals surface area contributed by atoms with Crippen LogP contribution in [0.5, 0.6) is 11.5 Å². The van der Waals surface area contributed by atoms with Crippen LogP contribution in [0.15, 0.2) is 24.3 Å². The van der Waals surface area contributed by atoms with E-state index in [1.807, 2.05) is 6.07 Å². The van der Waals surface area contributed by atoms with Crippen LogP contribution < -0.4 is 15.2 Å². The summed E-state index contributed by atoms with van der Waals surface area (Å²) in [7, 11) is 0. The third kappa shape index (κ3) is 1.41. The zero-order valence-corrected chi connectivity index (χ0v) is 8.91. The van der Waals surface area contributed by atoms with Crippen LogP contribution in [0.3, 0.4) is 0 Å². The van der Waals surface area contributed by atoms with Gasteiger partial charge in [-0.05, 0) is 18.2 Å². The van der Waals surface area contributed by atoms with Gasteiger partial charge in [-0.2, -0.15) is 5.26 Å². The van der Waals surface area contributed by atoms with Crippen molar-refractivity contribution in [3.05, 3.63) is 29.8 Å². The lowest BCUT2D eigenvalue weighted by Crippen LogP contribution is -2.26. The molecule has 2 N–H and O–H groups in total. The summed E-state index contributed by atoms with van der Waals surface area (Å²) in [6, 6.07) is 7.74. The van der Waals surface area contributed by atoms with E-state index in [9.17, 15) is 8.78 Å². The first-order valence-corrected chi connectivity index (χ1v) is 5.02. The van der Waals surface area contributed by atoms with Crippen molar-refractivity contribution in [1.29, 1.82) is 5.26 Å². The Hall–Kier alpha value is -2.55. The van der Waals surface area contributed by atoms with E-state index in [4.69, 9.17) is 11.0 Å². The normalized spacial score (nSPS) is 15.6. The number of nitriles is 1. The number of hydrogen-bond donors (Lipinski definition) is 1. The largest absolute Gasteiger partial charge is 0.586 e. The first-order chi connectivity index (χ1) is 8.50. The number of benzene rings is 2. The fraction of sp³-hybridized carbons (Fsp3) is 0.0833. The summed E-state index contributed by atoms with van der Waals surface area (Å²) in [5, 5.41) is 9.84. The zero-order valence-electron chi connectivity index (χ0n) is 8.91. The average molecular weight is 248 g/mol. The molecule has 2 aromatic rings. The van der Waals surface area contributed by atoms with Crippen molar-refractivity contribution in [2.45, 2.75) is 6.29 Å². The number of anilines is 1. The summed E-state index contributed by atoms with van der Waals surface area (Å²) >= 11 is 0. The molecule has 6 heteroatoms. The molecule has 1 aliphatic heterocycles. The van der Waals surface area contributed by atoms with Gasteiger partial charge in [-0.3, -0.25) is 0 Å². The lowest BCUT2D eigenvalue weighted by Gasteiger charge is -2.06. The summed E-state index contributed by atoms with van der Waals surface area (Å²) in [6.07, 6.45) is -3.70. The molecule has 0 unspecified atom stereocenters. The number of nitrogens with zero attached hydrogens (tertiary/aromatic N) is 1. The number of rotatable bonds is 0. The molecule has 0 radical (unpaired) electrons. The Kier molecular flexibility index (Phi) is 1.90. The minimum atomic E-state index is -3.70. The molecule has 3 rings (SSSR count). The summed E-state index contributed by atoms with van der Waals surface area (Å²) in [5.74, 6) is -0.220. The Bertz CT molecular complexity index is 707. The van der Waals surface area contributed by atoms with Gasteiger partial charge in [-0.25, -0.2) is 0 Å². The maximum atomic E-state index is 13.0. The molecule has 4 nitrogen and oxygen atoms in total. The van der Waals surface area contributed by atoms with Crippen LogP contribution >= 0.6 is 0 Å². The molecule has 0 amide bonds. The Morgan fingerprint density at radius 3 is 2.67 bits per heavy atom. The van der Waals surface area contributed by atoms with E-state index in [1.165, 1.54) is 18.2 Å². The van der Waals surface area contributed by atoms with Crippen molar-refractivity contribution in [2.24, 2.45) is 0 Å². The van der Waals surface area contributed by atoms with Crippen LogP contribution in [-0.4, -0.2) is 6.29 Å². The number of fused-ring (bicyclic) bond motifs is 3. The average Bonchev–Trinajstić information content (AvgIpc) is 2.62. The monoisotopic (exact) mass is 248 g/mol. The molecule has 0 saturated carbocycles. The van der Waals surface area contributed by atoms with Crippen LogP contribution in [0.25, 0.3) is 10.8 Å². The number of hydrogen-bond acceptors (Lipinski definition) is 4. The third-order valence-electron chi connectivity index (χ3n) is 2.65. The van der Waals surface area contributed by atoms with Gasteiger partial charge in [0.1, 0.15) is 0 Å².